The molecule has 0 heterocycles. The predicted molar refractivity (Wildman–Crippen MR) is 97.7 cm³/mol. The molecule has 0 N–H and O–H groups in total. The van der Waals surface area contributed by atoms with Gasteiger partial charge in [-0.15, -0.1) is 0 Å². The van der Waals surface area contributed by atoms with Crippen molar-refractivity contribution in [2.75, 3.05) is 7.05 Å². The molecule has 0 aromatic rings. The molecule has 2 aliphatic rings. The average Bonchev–Trinajstić information content (AvgIpc) is 3.11. The lowest BCUT2D eigenvalue weighted by Gasteiger charge is -2.30. The predicted octanol–water partition coefficient (Wildman–Crippen LogP) is 6.03. The van der Waals surface area contributed by atoms with Gasteiger partial charge < -0.3 is 4.90 Å². The Hall–Kier alpha value is -0.720. The molecule has 0 radical (unpaired) electrons. The van der Waals surface area contributed by atoms with Crippen molar-refractivity contribution >= 4 is 0 Å². The molecule has 3 atom stereocenters. The van der Waals surface area contributed by atoms with E-state index in [2.05, 4.69) is 53.1 Å². The van der Waals surface area contributed by atoms with Crippen molar-refractivity contribution in [1.82, 2.24) is 4.90 Å². The van der Waals surface area contributed by atoms with Gasteiger partial charge in [0.05, 0.1) is 0 Å². The summed E-state index contributed by atoms with van der Waals surface area (Å²) in [5.74, 6) is 3.66. The summed E-state index contributed by atoms with van der Waals surface area (Å²) < 4.78 is 0. The lowest BCUT2D eigenvalue weighted by molar-refractivity contribution is 0.319. The third kappa shape index (κ3) is 3.97. The van der Waals surface area contributed by atoms with E-state index in [1.807, 2.05) is 0 Å². The first-order chi connectivity index (χ1) is 10.3. The first-order valence-electron chi connectivity index (χ1n) is 9.42. The summed E-state index contributed by atoms with van der Waals surface area (Å²) in [6, 6.07) is 0.615. The van der Waals surface area contributed by atoms with Gasteiger partial charge >= 0.3 is 0 Å². The van der Waals surface area contributed by atoms with Crippen LogP contribution >= 0.6 is 0 Å². The SMILES string of the molecule is C=C(CCC1C2CC/C(C)=C(/N(C)C(C)C)CCC12)C(C)C. The lowest BCUT2D eigenvalue weighted by Crippen LogP contribution is -2.27. The van der Waals surface area contributed by atoms with Crippen LogP contribution in [0.1, 0.15) is 73.1 Å². The highest BCUT2D eigenvalue weighted by Gasteiger charge is 2.48. The zero-order chi connectivity index (χ0) is 16.4. The van der Waals surface area contributed by atoms with E-state index in [1.165, 1.54) is 44.1 Å². The maximum absolute atomic E-state index is 4.26. The van der Waals surface area contributed by atoms with Crippen LogP contribution in [-0.2, 0) is 0 Å². The molecule has 0 saturated heterocycles. The van der Waals surface area contributed by atoms with Crippen LogP contribution in [0, 0.1) is 23.7 Å². The number of allylic oxidation sites excluding steroid dienone is 3. The molecule has 0 aromatic heterocycles. The van der Waals surface area contributed by atoms with Gasteiger partial charge in [-0.05, 0) is 83.0 Å². The fourth-order valence-electron chi connectivity index (χ4n) is 4.28. The van der Waals surface area contributed by atoms with Crippen LogP contribution in [0.15, 0.2) is 23.4 Å². The number of nitrogens with zero attached hydrogens (tertiary/aromatic N) is 1. The molecular weight excluding hydrogens is 266 g/mol. The van der Waals surface area contributed by atoms with E-state index in [9.17, 15) is 0 Å². The Balaban J connectivity index is 1.90. The van der Waals surface area contributed by atoms with Crippen molar-refractivity contribution < 1.29 is 0 Å². The van der Waals surface area contributed by atoms with E-state index in [0.29, 0.717) is 12.0 Å². The largest absolute Gasteiger partial charge is 0.375 e. The first-order valence-corrected chi connectivity index (χ1v) is 9.42. The Labute approximate surface area is 138 Å². The highest BCUT2D eigenvalue weighted by Crippen LogP contribution is 2.56. The van der Waals surface area contributed by atoms with Gasteiger partial charge in [0.25, 0.3) is 0 Å². The number of hydrogen-bond donors (Lipinski definition) is 0. The zero-order valence-corrected chi connectivity index (χ0v) is 15.8. The van der Waals surface area contributed by atoms with Crippen LogP contribution in [0.3, 0.4) is 0 Å². The smallest absolute Gasteiger partial charge is 0.0227 e. The molecule has 3 unspecified atom stereocenters. The molecular formula is C21H37N. The summed E-state index contributed by atoms with van der Waals surface area (Å²) in [5, 5.41) is 0. The van der Waals surface area contributed by atoms with Crippen LogP contribution < -0.4 is 0 Å². The van der Waals surface area contributed by atoms with Crippen LogP contribution in [0.4, 0.5) is 0 Å². The summed E-state index contributed by atoms with van der Waals surface area (Å²) in [7, 11) is 2.28. The third-order valence-corrected chi connectivity index (χ3v) is 6.38. The molecule has 0 aliphatic heterocycles. The molecule has 0 amide bonds. The standard InChI is InChI=1S/C21H37N/c1-14(2)16(5)8-10-18-19-11-9-17(6)21(13-12-20(18)19)22(7)15(3)4/h14-15,18-20H,5,8-13H2,1-4,6-7H3/b21-17+. The maximum Gasteiger partial charge on any atom is 0.0227 e. The minimum atomic E-state index is 0.615. The molecule has 0 aromatic carbocycles. The monoisotopic (exact) mass is 303 g/mol. The van der Waals surface area contributed by atoms with Crippen molar-refractivity contribution in [3.05, 3.63) is 23.4 Å². The van der Waals surface area contributed by atoms with E-state index in [-0.39, 0.29) is 0 Å². The van der Waals surface area contributed by atoms with Crippen molar-refractivity contribution in [1.29, 1.82) is 0 Å². The minimum Gasteiger partial charge on any atom is -0.375 e. The summed E-state index contributed by atoms with van der Waals surface area (Å²) in [6.07, 6.45) is 8.08. The van der Waals surface area contributed by atoms with Gasteiger partial charge in [-0.2, -0.15) is 0 Å². The molecule has 1 fully saturated rings. The number of fused-ring (bicyclic) bond motifs is 1. The summed E-state index contributed by atoms with van der Waals surface area (Å²) in [6.45, 7) is 15.8. The minimum absolute atomic E-state index is 0.615. The molecule has 1 saturated carbocycles. The molecule has 1 heteroatoms. The molecule has 1 nitrogen and oxygen atoms in total. The van der Waals surface area contributed by atoms with Crippen molar-refractivity contribution in [3.63, 3.8) is 0 Å². The van der Waals surface area contributed by atoms with Gasteiger partial charge in [-0.3, -0.25) is 0 Å². The van der Waals surface area contributed by atoms with Crippen LogP contribution in [0.5, 0.6) is 0 Å². The Morgan fingerprint density at radius 2 is 1.73 bits per heavy atom. The Kier molecular flexibility index (Phi) is 5.80. The van der Waals surface area contributed by atoms with Crippen molar-refractivity contribution in [2.24, 2.45) is 23.7 Å². The first kappa shape index (κ1) is 17.6. The second-order valence-corrected chi connectivity index (χ2v) is 8.35. The highest BCUT2D eigenvalue weighted by atomic mass is 15.1. The molecule has 126 valence electrons. The van der Waals surface area contributed by atoms with E-state index < -0.39 is 0 Å². The van der Waals surface area contributed by atoms with E-state index in [0.717, 1.165) is 17.8 Å². The highest BCUT2D eigenvalue weighted by molar-refractivity contribution is 5.16. The lowest BCUT2D eigenvalue weighted by atomic mass is 9.97. The van der Waals surface area contributed by atoms with Crippen LogP contribution in [0.25, 0.3) is 0 Å². The number of rotatable bonds is 6. The topological polar surface area (TPSA) is 3.24 Å². The maximum atomic E-state index is 4.26. The van der Waals surface area contributed by atoms with Gasteiger partial charge in [0.2, 0.25) is 0 Å². The molecule has 22 heavy (non-hydrogen) atoms. The van der Waals surface area contributed by atoms with Gasteiger partial charge in [0.15, 0.2) is 0 Å². The second-order valence-electron chi connectivity index (χ2n) is 8.35. The Bertz CT molecular complexity index is 429. The Morgan fingerprint density at radius 3 is 2.27 bits per heavy atom. The van der Waals surface area contributed by atoms with Crippen LogP contribution in [-0.4, -0.2) is 18.0 Å². The molecule has 2 aliphatic carbocycles. The summed E-state index contributed by atoms with van der Waals surface area (Å²) in [4.78, 5) is 2.51. The van der Waals surface area contributed by atoms with Crippen molar-refractivity contribution in [3.8, 4) is 0 Å². The van der Waals surface area contributed by atoms with Gasteiger partial charge in [0, 0.05) is 18.8 Å². The summed E-state index contributed by atoms with van der Waals surface area (Å²) >= 11 is 0. The van der Waals surface area contributed by atoms with Gasteiger partial charge in [0.1, 0.15) is 0 Å². The van der Waals surface area contributed by atoms with Crippen LogP contribution in [0.2, 0.25) is 0 Å². The second kappa shape index (κ2) is 7.23. The summed E-state index contributed by atoms with van der Waals surface area (Å²) in [5.41, 5.74) is 4.73. The van der Waals surface area contributed by atoms with Gasteiger partial charge in [-0.25, -0.2) is 0 Å². The normalized spacial score (nSPS) is 31.7. The molecule has 0 spiro atoms. The number of hydrogen-bond acceptors (Lipinski definition) is 1. The fraction of sp³-hybridized carbons (Fsp3) is 0.810. The average molecular weight is 304 g/mol. The molecule has 2 rings (SSSR count). The molecule has 0 bridgehead atoms. The van der Waals surface area contributed by atoms with Gasteiger partial charge in [-0.1, -0.05) is 31.6 Å². The third-order valence-electron chi connectivity index (χ3n) is 6.38. The fourth-order valence-corrected chi connectivity index (χ4v) is 4.28. The van der Waals surface area contributed by atoms with Crippen molar-refractivity contribution in [2.45, 2.75) is 79.2 Å². The van der Waals surface area contributed by atoms with E-state index in [1.54, 1.807) is 11.3 Å². The quantitative estimate of drug-likeness (QED) is 0.541. The Morgan fingerprint density at radius 1 is 1.14 bits per heavy atom. The zero-order valence-electron chi connectivity index (χ0n) is 15.8. The van der Waals surface area contributed by atoms with E-state index in [4.69, 9.17) is 0 Å². The van der Waals surface area contributed by atoms with E-state index >= 15 is 0 Å².